The van der Waals surface area contributed by atoms with Crippen LogP contribution in [-0.4, -0.2) is 33.9 Å². The van der Waals surface area contributed by atoms with Crippen molar-refractivity contribution in [3.05, 3.63) is 95.2 Å². The van der Waals surface area contributed by atoms with Gasteiger partial charge in [-0.25, -0.2) is 14.5 Å². The van der Waals surface area contributed by atoms with Gasteiger partial charge in [-0.15, -0.1) is 5.10 Å². The van der Waals surface area contributed by atoms with E-state index in [-0.39, 0.29) is 19.0 Å². The van der Waals surface area contributed by atoms with E-state index in [4.69, 9.17) is 9.47 Å². The van der Waals surface area contributed by atoms with Crippen LogP contribution >= 0.6 is 15.9 Å². The van der Waals surface area contributed by atoms with E-state index >= 15 is 0 Å². The predicted octanol–water partition coefficient (Wildman–Crippen LogP) is 4.93. The highest BCUT2D eigenvalue weighted by Crippen LogP contribution is 2.21. The van der Waals surface area contributed by atoms with Gasteiger partial charge in [0.25, 0.3) is 5.82 Å². The van der Waals surface area contributed by atoms with Crippen LogP contribution in [0.5, 0.6) is 5.75 Å². The van der Waals surface area contributed by atoms with Gasteiger partial charge < -0.3 is 9.47 Å². The van der Waals surface area contributed by atoms with Gasteiger partial charge in [0.15, 0.2) is 5.82 Å². The van der Waals surface area contributed by atoms with Crippen molar-refractivity contribution in [2.45, 2.75) is 0 Å². The number of para-hydroxylation sites is 1. The highest BCUT2D eigenvalue weighted by Gasteiger charge is 2.19. The van der Waals surface area contributed by atoms with Gasteiger partial charge in [-0.2, -0.15) is 0 Å². The van der Waals surface area contributed by atoms with E-state index in [9.17, 15) is 4.79 Å². The quantitative estimate of drug-likeness (QED) is 0.287. The summed E-state index contributed by atoms with van der Waals surface area (Å²) in [5.74, 6) is 0.676. The van der Waals surface area contributed by atoms with Crippen LogP contribution < -0.4 is 4.74 Å². The Hall–Kier alpha value is -3.45. The fourth-order valence-electron chi connectivity index (χ4n) is 2.81. The number of benzene rings is 3. The second-order valence-corrected chi connectivity index (χ2v) is 7.23. The summed E-state index contributed by atoms with van der Waals surface area (Å²) in [5, 5.41) is 4.39. The molecule has 0 bridgehead atoms. The molecule has 4 rings (SSSR count). The Balaban J connectivity index is 1.47. The Kier molecular flexibility index (Phi) is 6.20. The number of hydrogen-bond acceptors (Lipinski definition) is 5. The van der Waals surface area contributed by atoms with E-state index in [1.807, 2.05) is 84.9 Å². The molecule has 1 aromatic heterocycles. The third-order valence-electron chi connectivity index (χ3n) is 4.22. The topological polar surface area (TPSA) is 66.2 Å². The second-order valence-electron chi connectivity index (χ2n) is 6.31. The molecule has 7 heteroatoms. The highest BCUT2D eigenvalue weighted by atomic mass is 79.9. The fraction of sp³-hybridized carbons (Fsp3) is 0.0870. The summed E-state index contributed by atoms with van der Waals surface area (Å²) in [5.41, 5.74) is 1.66. The lowest BCUT2D eigenvalue weighted by molar-refractivity contribution is 0.0436. The normalized spacial score (nSPS) is 10.6. The molecule has 0 radical (unpaired) electrons. The average molecular weight is 464 g/mol. The first-order valence-electron chi connectivity index (χ1n) is 9.34. The maximum absolute atomic E-state index is 12.5. The lowest BCUT2D eigenvalue weighted by Crippen LogP contribution is -2.14. The molecule has 0 fully saturated rings. The summed E-state index contributed by atoms with van der Waals surface area (Å²) in [6.45, 7) is 0.327. The molecule has 0 aliphatic rings. The number of nitrogens with zero attached hydrogens (tertiary/aromatic N) is 3. The van der Waals surface area contributed by atoms with Crippen molar-refractivity contribution in [2.75, 3.05) is 13.2 Å². The number of hydrogen-bond donors (Lipinski definition) is 0. The van der Waals surface area contributed by atoms with Gasteiger partial charge in [0.05, 0.1) is 5.69 Å². The first kappa shape index (κ1) is 19.8. The Labute approximate surface area is 182 Å². The van der Waals surface area contributed by atoms with Gasteiger partial charge in [-0.3, -0.25) is 0 Å². The van der Waals surface area contributed by atoms with Crippen LogP contribution in [0.4, 0.5) is 0 Å². The Morgan fingerprint density at radius 2 is 1.53 bits per heavy atom. The van der Waals surface area contributed by atoms with Gasteiger partial charge >= 0.3 is 5.97 Å². The SMILES string of the molecule is O=C(OCCOc1ccc(Br)cc1)c1nc(-c2ccccc2)n(-c2ccccc2)n1. The van der Waals surface area contributed by atoms with Crippen molar-refractivity contribution >= 4 is 21.9 Å². The van der Waals surface area contributed by atoms with E-state index in [1.165, 1.54) is 0 Å². The van der Waals surface area contributed by atoms with E-state index in [1.54, 1.807) is 4.68 Å². The minimum atomic E-state index is -0.596. The number of rotatable bonds is 7. The molecule has 1 heterocycles. The molecule has 4 aromatic rings. The summed E-state index contributed by atoms with van der Waals surface area (Å²) in [6, 6.07) is 26.6. The maximum Gasteiger partial charge on any atom is 0.378 e. The molecule has 0 aliphatic carbocycles. The fourth-order valence-corrected chi connectivity index (χ4v) is 3.08. The number of esters is 1. The molecule has 0 aliphatic heterocycles. The first-order valence-corrected chi connectivity index (χ1v) is 10.1. The number of halogens is 1. The van der Waals surface area contributed by atoms with Crippen LogP contribution in [0.2, 0.25) is 0 Å². The molecule has 0 atom stereocenters. The third kappa shape index (κ3) is 4.75. The summed E-state index contributed by atoms with van der Waals surface area (Å²) < 4.78 is 13.5. The summed E-state index contributed by atoms with van der Waals surface area (Å²) in [4.78, 5) is 16.9. The average Bonchev–Trinajstić information content (AvgIpc) is 3.25. The largest absolute Gasteiger partial charge is 0.490 e. The van der Waals surface area contributed by atoms with Crippen molar-refractivity contribution in [1.29, 1.82) is 0 Å². The second kappa shape index (κ2) is 9.37. The van der Waals surface area contributed by atoms with Crippen molar-refractivity contribution in [3.8, 4) is 22.8 Å². The van der Waals surface area contributed by atoms with Crippen molar-refractivity contribution in [2.24, 2.45) is 0 Å². The van der Waals surface area contributed by atoms with Crippen LogP contribution in [0.1, 0.15) is 10.6 Å². The van der Waals surface area contributed by atoms with Gasteiger partial charge in [0, 0.05) is 10.0 Å². The van der Waals surface area contributed by atoms with Crippen molar-refractivity contribution in [1.82, 2.24) is 14.8 Å². The van der Waals surface area contributed by atoms with Crippen LogP contribution in [0.3, 0.4) is 0 Å². The number of ether oxygens (including phenoxy) is 2. The molecule has 6 nitrogen and oxygen atoms in total. The first-order chi connectivity index (χ1) is 14.7. The van der Waals surface area contributed by atoms with E-state index in [0.717, 1.165) is 15.7 Å². The molecule has 0 N–H and O–H groups in total. The molecular weight excluding hydrogens is 446 g/mol. The molecule has 0 spiro atoms. The van der Waals surface area contributed by atoms with Crippen molar-refractivity contribution < 1.29 is 14.3 Å². The minimum absolute atomic E-state index is 0.00125. The third-order valence-corrected chi connectivity index (χ3v) is 4.75. The van der Waals surface area contributed by atoms with Crippen LogP contribution in [0, 0.1) is 0 Å². The summed E-state index contributed by atoms with van der Waals surface area (Å²) in [6.07, 6.45) is 0. The molecule has 0 saturated carbocycles. The number of aromatic nitrogens is 3. The lowest BCUT2D eigenvalue weighted by atomic mass is 10.2. The monoisotopic (exact) mass is 463 g/mol. The Bertz CT molecular complexity index is 1060. The maximum atomic E-state index is 12.5. The van der Waals surface area contributed by atoms with Crippen LogP contribution in [0.25, 0.3) is 17.1 Å². The zero-order valence-electron chi connectivity index (χ0n) is 15.9. The van der Waals surface area contributed by atoms with Crippen molar-refractivity contribution in [3.63, 3.8) is 0 Å². The Morgan fingerprint density at radius 3 is 2.23 bits per heavy atom. The van der Waals surface area contributed by atoms with Gasteiger partial charge in [0.2, 0.25) is 0 Å². The molecule has 150 valence electrons. The molecule has 0 saturated heterocycles. The standard InChI is InChI=1S/C23H18BrN3O3/c24-18-11-13-20(14-12-18)29-15-16-30-23(28)21-25-22(17-7-3-1-4-8-17)27(26-21)19-9-5-2-6-10-19/h1-14H,15-16H2. The van der Waals surface area contributed by atoms with E-state index in [2.05, 4.69) is 26.0 Å². The van der Waals surface area contributed by atoms with Crippen LogP contribution in [0.15, 0.2) is 89.4 Å². The van der Waals surface area contributed by atoms with Gasteiger partial charge in [0.1, 0.15) is 19.0 Å². The molecule has 3 aromatic carbocycles. The van der Waals surface area contributed by atoms with E-state index in [0.29, 0.717) is 11.6 Å². The molecule has 30 heavy (non-hydrogen) atoms. The predicted molar refractivity (Wildman–Crippen MR) is 117 cm³/mol. The lowest BCUT2D eigenvalue weighted by Gasteiger charge is -2.06. The summed E-state index contributed by atoms with van der Waals surface area (Å²) >= 11 is 3.37. The van der Waals surface area contributed by atoms with Gasteiger partial charge in [-0.1, -0.05) is 64.5 Å². The summed E-state index contributed by atoms with van der Waals surface area (Å²) in [7, 11) is 0. The molecular formula is C23H18BrN3O3. The Morgan fingerprint density at radius 1 is 0.867 bits per heavy atom. The van der Waals surface area contributed by atoms with Crippen LogP contribution in [-0.2, 0) is 4.74 Å². The molecule has 0 unspecified atom stereocenters. The number of carbonyl (C=O) groups excluding carboxylic acids is 1. The van der Waals surface area contributed by atoms with Gasteiger partial charge in [-0.05, 0) is 36.4 Å². The van der Waals surface area contributed by atoms with E-state index < -0.39 is 5.97 Å². The smallest absolute Gasteiger partial charge is 0.378 e. The molecule has 0 amide bonds. The number of carbonyl (C=O) groups is 1. The minimum Gasteiger partial charge on any atom is -0.490 e. The zero-order chi connectivity index (χ0) is 20.8. The highest BCUT2D eigenvalue weighted by molar-refractivity contribution is 9.10. The zero-order valence-corrected chi connectivity index (χ0v) is 17.5.